The lowest BCUT2D eigenvalue weighted by Crippen LogP contribution is -2.31. The van der Waals surface area contributed by atoms with Gasteiger partial charge in [-0.05, 0) is 12.5 Å². The summed E-state index contributed by atoms with van der Waals surface area (Å²) < 4.78 is 1.17. The van der Waals surface area contributed by atoms with Crippen molar-refractivity contribution < 1.29 is 9.94 Å². The molecule has 0 saturated carbocycles. The number of thioether (sulfide) groups is 1. The molecule has 0 fully saturated rings. The molecular formula is C9H14NOS+. The first-order chi connectivity index (χ1) is 5.84. The van der Waals surface area contributed by atoms with Gasteiger partial charge in [-0.25, -0.2) is 0 Å². The van der Waals surface area contributed by atoms with E-state index in [1.807, 2.05) is 18.2 Å². The lowest BCUT2D eigenvalue weighted by Gasteiger charge is -1.94. The smallest absolute Gasteiger partial charge is 0.284 e. The highest BCUT2D eigenvalue weighted by Crippen LogP contribution is 2.13. The van der Waals surface area contributed by atoms with Crippen molar-refractivity contribution in [3.63, 3.8) is 0 Å². The van der Waals surface area contributed by atoms with Gasteiger partial charge < -0.3 is 0 Å². The van der Waals surface area contributed by atoms with Crippen LogP contribution in [0, 0.1) is 0 Å². The van der Waals surface area contributed by atoms with E-state index < -0.39 is 0 Å². The number of hydrogen-bond donors (Lipinski definition) is 1. The second kappa shape index (κ2) is 5.04. The van der Waals surface area contributed by atoms with Crippen molar-refractivity contribution in [2.75, 3.05) is 5.75 Å². The van der Waals surface area contributed by atoms with Crippen LogP contribution < -0.4 is 4.73 Å². The fourth-order valence-corrected chi connectivity index (χ4v) is 1.86. The van der Waals surface area contributed by atoms with Crippen LogP contribution >= 0.6 is 11.8 Å². The predicted octanol–water partition coefficient (Wildman–Crippen LogP) is 2.10. The minimum absolute atomic E-state index is 0.908. The van der Waals surface area contributed by atoms with E-state index >= 15 is 0 Å². The molecule has 2 nitrogen and oxygen atoms in total. The highest BCUT2D eigenvalue weighted by Gasteiger charge is 2.06. The van der Waals surface area contributed by atoms with Crippen LogP contribution in [-0.4, -0.2) is 11.0 Å². The first-order valence-electron chi connectivity index (χ1n) is 4.17. The van der Waals surface area contributed by atoms with Gasteiger partial charge in [0.25, 0.3) is 5.03 Å². The molecule has 1 heterocycles. The quantitative estimate of drug-likeness (QED) is 0.335. The molecule has 3 heteroatoms. The molecule has 0 unspecified atom stereocenters. The summed E-state index contributed by atoms with van der Waals surface area (Å²) in [5.74, 6) is 1.07. The molecule has 0 spiro atoms. The van der Waals surface area contributed by atoms with Crippen LogP contribution in [0.1, 0.15) is 19.8 Å². The standard InChI is InChI=1S/C9H14NOS/c1-2-3-8-12-9-6-4-5-7-10(9)11/h4-7,11H,2-3,8H2,1H3/q+1. The van der Waals surface area contributed by atoms with Crippen LogP contribution in [-0.2, 0) is 0 Å². The molecule has 66 valence electrons. The Bertz CT molecular complexity index is 240. The molecule has 0 aromatic carbocycles. The lowest BCUT2D eigenvalue weighted by molar-refractivity contribution is -0.932. The molecule has 0 atom stereocenters. The third-order valence-electron chi connectivity index (χ3n) is 1.55. The normalized spacial score (nSPS) is 10.1. The largest absolute Gasteiger partial charge is 0.290 e. The molecule has 1 rings (SSSR count). The Morgan fingerprint density at radius 1 is 1.50 bits per heavy atom. The summed E-state index contributed by atoms with van der Waals surface area (Å²) in [6, 6.07) is 5.66. The topological polar surface area (TPSA) is 24.1 Å². The molecule has 0 amide bonds. The van der Waals surface area contributed by atoms with Crippen LogP contribution in [0.2, 0.25) is 0 Å². The van der Waals surface area contributed by atoms with Gasteiger partial charge in [0, 0.05) is 22.6 Å². The van der Waals surface area contributed by atoms with Crippen LogP contribution in [0.4, 0.5) is 0 Å². The van der Waals surface area contributed by atoms with Crippen molar-refractivity contribution in [3.8, 4) is 0 Å². The van der Waals surface area contributed by atoms with E-state index in [-0.39, 0.29) is 0 Å². The summed E-state index contributed by atoms with van der Waals surface area (Å²) in [5.41, 5.74) is 0. The number of rotatable bonds is 4. The number of nitrogens with zero attached hydrogens (tertiary/aromatic N) is 1. The summed E-state index contributed by atoms with van der Waals surface area (Å²) in [5, 5.41) is 10.2. The van der Waals surface area contributed by atoms with E-state index in [1.165, 1.54) is 17.6 Å². The van der Waals surface area contributed by atoms with Crippen molar-refractivity contribution in [1.82, 2.24) is 0 Å². The van der Waals surface area contributed by atoms with E-state index in [0.29, 0.717) is 0 Å². The zero-order valence-corrected chi connectivity index (χ0v) is 8.05. The molecule has 1 aromatic rings. The average Bonchev–Trinajstić information content (AvgIpc) is 2.09. The van der Waals surface area contributed by atoms with Crippen LogP contribution in [0.25, 0.3) is 0 Å². The SMILES string of the molecule is CCCCSc1cccc[n+]1O. The van der Waals surface area contributed by atoms with E-state index in [9.17, 15) is 5.21 Å². The van der Waals surface area contributed by atoms with E-state index in [2.05, 4.69) is 6.92 Å². The molecule has 12 heavy (non-hydrogen) atoms. The van der Waals surface area contributed by atoms with Gasteiger partial charge in [-0.2, -0.15) is 0 Å². The predicted molar refractivity (Wildman–Crippen MR) is 49.5 cm³/mol. The maximum atomic E-state index is 9.31. The van der Waals surface area contributed by atoms with E-state index in [0.717, 1.165) is 10.8 Å². The maximum absolute atomic E-state index is 9.31. The van der Waals surface area contributed by atoms with Crippen LogP contribution in [0.5, 0.6) is 0 Å². The monoisotopic (exact) mass is 184 g/mol. The molecule has 0 aliphatic heterocycles. The summed E-state index contributed by atoms with van der Waals surface area (Å²) in [7, 11) is 0. The van der Waals surface area contributed by atoms with Gasteiger partial charge in [0.05, 0.1) is 0 Å². The molecule has 0 aliphatic carbocycles. The molecule has 1 N–H and O–H groups in total. The fourth-order valence-electron chi connectivity index (χ4n) is 0.854. The minimum Gasteiger partial charge on any atom is -0.284 e. The Kier molecular flexibility index (Phi) is 3.94. The Hall–Kier alpha value is -0.700. The van der Waals surface area contributed by atoms with Gasteiger partial charge in [0.2, 0.25) is 6.20 Å². The summed E-state index contributed by atoms with van der Waals surface area (Å²) >= 11 is 1.68. The Morgan fingerprint density at radius 2 is 2.33 bits per heavy atom. The van der Waals surface area contributed by atoms with Crippen molar-refractivity contribution in [1.29, 1.82) is 0 Å². The first-order valence-corrected chi connectivity index (χ1v) is 5.16. The minimum atomic E-state index is 0.908. The molecule has 0 bridgehead atoms. The lowest BCUT2D eigenvalue weighted by atomic mass is 10.4. The highest BCUT2D eigenvalue weighted by atomic mass is 32.2. The van der Waals surface area contributed by atoms with Crippen LogP contribution in [0.15, 0.2) is 29.4 Å². The van der Waals surface area contributed by atoms with E-state index in [4.69, 9.17) is 0 Å². The third kappa shape index (κ3) is 2.74. The zero-order valence-electron chi connectivity index (χ0n) is 7.23. The van der Waals surface area contributed by atoms with Gasteiger partial charge in [-0.1, -0.05) is 25.1 Å². The maximum Gasteiger partial charge on any atom is 0.290 e. The van der Waals surface area contributed by atoms with E-state index in [1.54, 1.807) is 18.0 Å². The number of hydrogen-bond acceptors (Lipinski definition) is 2. The highest BCUT2D eigenvalue weighted by molar-refractivity contribution is 7.99. The number of aromatic nitrogens is 1. The van der Waals surface area contributed by atoms with Gasteiger partial charge in [0.15, 0.2) is 0 Å². The Labute approximate surface area is 77.2 Å². The Morgan fingerprint density at radius 3 is 3.00 bits per heavy atom. The van der Waals surface area contributed by atoms with Gasteiger partial charge in [0.1, 0.15) is 0 Å². The summed E-state index contributed by atoms with van der Waals surface area (Å²) in [4.78, 5) is 0. The third-order valence-corrected chi connectivity index (χ3v) is 2.66. The summed E-state index contributed by atoms with van der Waals surface area (Å²) in [6.45, 7) is 2.17. The van der Waals surface area contributed by atoms with Gasteiger partial charge >= 0.3 is 0 Å². The molecule has 0 saturated heterocycles. The zero-order chi connectivity index (χ0) is 8.81. The molecule has 1 aromatic heterocycles. The molecule has 0 radical (unpaired) electrons. The number of unbranched alkanes of at least 4 members (excludes halogenated alkanes) is 1. The fraction of sp³-hybridized carbons (Fsp3) is 0.444. The second-order valence-corrected chi connectivity index (χ2v) is 3.70. The van der Waals surface area contributed by atoms with Crippen molar-refractivity contribution in [2.24, 2.45) is 0 Å². The first kappa shape index (κ1) is 9.39. The Balaban J connectivity index is 2.46. The molecule has 0 aliphatic rings. The summed E-state index contributed by atoms with van der Waals surface area (Å²) in [6.07, 6.45) is 4.04. The average molecular weight is 184 g/mol. The van der Waals surface area contributed by atoms with Gasteiger partial charge in [-0.3, -0.25) is 5.21 Å². The van der Waals surface area contributed by atoms with Gasteiger partial charge in [-0.15, -0.1) is 0 Å². The van der Waals surface area contributed by atoms with Crippen molar-refractivity contribution in [2.45, 2.75) is 24.8 Å². The van der Waals surface area contributed by atoms with Crippen LogP contribution in [0.3, 0.4) is 0 Å². The van der Waals surface area contributed by atoms with Crippen molar-refractivity contribution in [3.05, 3.63) is 24.4 Å². The van der Waals surface area contributed by atoms with Crippen molar-refractivity contribution >= 4 is 11.8 Å². The molecular weight excluding hydrogens is 170 g/mol. The number of pyridine rings is 1. The second-order valence-electron chi connectivity index (χ2n) is 2.59.